The van der Waals surface area contributed by atoms with Crippen LogP contribution in [0.2, 0.25) is 0 Å². The number of aryl methyl sites for hydroxylation is 1. The lowest BCUT2D eigenvalue weighted by atomic mass is 10.1. The highest BCUT2D eigenvalue weighted by atomic mass is 35.5. The van der Waals surface area contributed by atoms with Crippen molar-refractivity contribution in [2.24, 2.45) is 5.73 Å². The maximum absolute atomic E-state index is 5.84. The molecule has 72 valence electrons. The van der Waals surface area contributed by atoms with Crippen LogP contribution < -0.4 is 5.73 Å². The molecule has 2 nitrogen and oxygen atoms in total. The summed E-state index contributed by atoms with van der Waals surface area (Å²) in [6, 6.07) is 5.87. The molecule has 1 aromatic heterocycles. The second-order valence-corrected chi connectivity index (χ2v) is 2.83. The SMILES string of the molecule is C=CC[C@@H](N)c1cccc(C)n1.Cl. The average Bonchev–Trinajstić information content (AvgIpc) is 2.05. The Morgan fingerprint density at radius 3 is 2.85 bits per heavy atom. The first-order valence-corrected chi connectivity index (χ1v) is 4.04. The van der Waals surface area contributed by atoms with Crippen molar-refractivity contribution in [3.05, 3.63) is 42.2 Å². The molecule has 1 heterocycles. The van der Waals surface area contributed by atoms with Crippen LogP contribution in [-0.2, 0) is 0 Å². The zero-order valence-corrected chi connectivity index (χ0v) is 8.55. The third-order valence-electron chi connectivity index (χ3n) is 1.71. The molecule has 1 atom stereocenters. The maximum atomic E-state index is 5.84. The fourth-order valence-corrected chi connectivity index (χ4v) is 1.07. The van der Waals surface area contributed by atoms with Gasteiger partial charge >= 0.3 is 0 Å². The van der Waals surface area contributed by atoms with E-state index in [1.165, 1.54) is 0 Å². The minimum absolute atomic E-state index is 0. The van der Waals surface area contributed by atoms with Crippen LogP contribution in [0.4, 0.5) is 0 Å². The molecule has 1 rings (SSSR count). The first kappa shape index (κ1) is 12.1. The van der Waals surface area contributed by atoms with E-state index in [0.29, 0.717) is 0 Å². The Kier molecular flexibility index (Phi) is 5.35. The van der Waals surface area contributed by atoms with Crippen LogP contribution in [-0.4, -0.2) is 4.98 Å². The fourth-order valence-electron chi connectivity index (χ4n) is 1.07. The van der Waals surface area contributed by atoms with Crippen molar-refractivity contribution in [1.82, 2.24) is 4.98 Å². The summed E-state index contributed by atoms with van der Waals surface area (Å²) >= 11 is 0. The van der Waals surface area contributed by atoms with Crippen molar-refractivity contribution in [3.63, 3.8) is 0 Å². The van der Waals surface area contributed by atoms with E-state index >= 15 is 0 Å². The Balaban J connectivity index is 0.00000144. The van der Waals surface area contributed by atoms with Crippen LogP contribution >= 0.6 is 12.4 Å². The first-order valence-electron chi connectivity index (χ1n) is 4.04. The number of aromatic nitrogens is 1. The standard InChI is InChI=1S/C10H14N2.ClH/c1-3-5-9(11)10-7-4-6-8(2)12-10;/h3-4,6-7,9H,1,5,11H2,2H3;1H/t9-;/m1./s1. The van der Waals surface area contributed by atoms with Crippen molar-refractivity contribution < 1.29 is 0 Å². The molecule has 2 N–H and O–H groups in total. The van der Waals surface area contributed by atoms with Crippen LogP contribution in [0.5, 0.6) is 0 Å². The predicted molar refractivity (Wildman–Crippen MR) is 58.0 cm³/mol. The summed E-state index contributed by atoms with van der Waals surface area (Å²) in [5.41, 5.74) is 7.79. The van der Waals surface area contributed by atoms with Gasteiger partial charge in [0.25, 0.3) is 0 Å². The summed E-state index contributed by atoms with van der Waals surface area (Å²) in [5.74, 6) is 0. The van der Waals surface area contributed by atoms with Gasteiger partial charge in [0.1, 0.15) is 0 Å². The molecule has 0 saturated heterocycles. The second-order valence-electron chi connectivity index (χ2n) is 2.83. The van der Waals surface area contributed by atoms with Crippen molar-refractivity contribution in [2.45, 2.75) is 19.4 Å². The number of hydrogen-bond donors (Lipinski definition) is 1. The molecular formula is C10H15ClN2. The largest absolute Gasteiger partial charge is 0.322 e. The first-order chi connectivity index (χ1) is 5.74. The van der Waals surface area contributed by atoms with E-state index in [0.717, 1.165) is 17.8 Å². The number of nitrogens with two attached hydrogens (primary N) is 1. The van der Waals surface area contributed by atoms with Crippen LogP contribution in [0.1, 0.15) is 23.9 Å². The van der Waals surface area contributed by atoms with Gasteiger partial charge in [0.05, 0.1) is 11.7 Å². The van der Waals surface area contributed by atoms with Gasteiger partial charge in [0.2, 0.25) is 0 Å². The molecule has 0 aliphatic rings. The van der Waals surface area contributed by atoms with Gasteiger partial charge in [0.15, 0.2) is 0 Å². The molecule has 0 amide bonds. The molecule has 0 spiro atoms. The predicted octanol–water partition coefficient (Wildman–Crippen LogP) is 2.39. The highest BCUT2D eigenvalue weighted by Gasteiger charge is 2.03. The summed E-state index contributed by atoms with van der Waals surface area (Å²) in [7, 11) is 0. The van der Waals surface area contributed by atoms with Crippen molar-refractivity contribution >= 4 is 12.4 Å². The van der Waals surface area contributed by atoms with Crippen LogP contribution in [0.25, 0.3) is 0 Å². The molecule has 3 heteroatoms. The Morgan fingerprint density at radius 1 is 1.62 bits per heavy atom. The number of hydrogen-bond acceptors (Lipinski definition) is 2. The third-order valence-corrected chi connectivity index (χ3v) is 1.71. The van der Waals surface area contributed by atoms with Gasteiger partial charge in [0, 0.05) is 5.69 Å². The molecule has 0 saturated carbocycles. The minimum Gasteiger partial charge on any atom is -0.322 e. The van der Waals surface area contributed by atoms with E-state index in [2.05, 4.69) is 11.6 Å². The van der Waals surface area contributed by atoms with Crippen molar-refractivity contribution in [1.29, 1.82) is 0 Å². The lowest BCUT2D eigenvalue weighted by molar-refractivity contribution is 0.710. The van der Waals surface area contributed by atoms with Gasteiger partial charge in [-0.25, -0.2) is 0 Å². The summed E-state index contributed by atoms with van der Waals surface area (Å²) in [5, 5.41) is 0. The summed E-state index contributed by atoms with van der Waals surface area (Å²) in [6.07, 6.45) is 2.59. The highest BCUT2D eigenvalue weighted by Crippen LogP contribution is 2.11. The van der Waals surface area contributed by atoms with Gasteiger partial charge < -0.3 is 5.73 Å². The van der Waals surface area contributed by atoms with E-state index in [-0.39, 0.29) is 18.4 Å². The average molecular weight is 199 g/mol. The Bertz CT molecular complexity index is 273. The molecular weight excluding hydrogens is 184 g/mol. The van der Waals surface area contributed by atoms with Gasteiger partial charge in [-0.05, 0) is 25.5 Å². The lowest BCUT2D eigenvalue weighted by Gasteiger charge is -2.08. The Morgan fingerprint density at radius 2 is 2.31 bits per heavy atom. The topological polar surface area (TPSA) is 38.9 Å². The van der Waals surface area contributed by atoms with Gasteiger partial charge in [-0.1, -0.05) is 12.1 Å². The molecule has 0 bridgehead atoms. The fraction of sp³-hybridized carbons (Fsp3) is 0.300. The zero-order chi connectivity index (χ0) is 8.97. The van der Waals surface area contributed by atoms with E-state index in [1.54, 1.807) is 0 Å². The molecule has 1 aromatic rings. The van der Waals surface area contributed by atoms with Crippen LogP contribution in [0, 0.1) is 6.92 Å². The van der Waals surface area contributed by atoms with E-state index in [4.69, 9.17) is 5.73 Å². The minimum atomic E-state index is -0.0117. The monoisotopic (exact) mass is 198 g/mol. The Hall–Kier alpha value is -0.860. The van der Waals surface area contributed by atoms with E-state index in [1.807, 2.05) is 31.2 Å². The van der Waals surface area contributed by atoms with Crippen LogP contribution in [0.3, 0.4) is 0 Å². The highest BCUT2D eigenvalue weighted by molar-refractivity contribution is 5.85. The molecule has 0 aliphatic carbocycles. The lowest BCUT2D eigenvalue weighted by Crippen LogP contribution is -2.11. The van der Waals surface area contributed by atoms with Crippen molar-refractivity contribution in [2.75, 3.05) is 0 Å². The van der Waals surface area contributed by atoms with E-state index < -0.39 is 0 Å². The second kappa shape index (κ2) is 5.73. The number of rotatable bonds is 3. The number of nitrogens with zero attached hydrogens (tertiary/aromatic N) is 1. The van der Waals surface area contributed by atoms with Gasteiger partial charge in [-0.3, -0.25) is 4.98 Å². The van der Waals surface area contributed by atoms with Gasteiger partial charge in [-0.15, -0.1) is 19.0 Å². The quantitative estimate of drug-likeness (QED) is 0.758. The summed E-state index contributed by atoms with van der Waals surface area (Å²) in [6.45, 7) is 5.60. The van der Waals surface area contributed by atoms with Crippen LogP contribution in [0.15, 0.2) is 30.9 Å². The van der Waals surface area contributed by atoms with Gasteiger partial charge in [-0.2, -0.15) is 0 Å². The molecule has 0 aromatic carbocycles. The normalized spacial score (nSPS) is 11.5. The smallest absolute Gasteiger partial charge is 0.0577 e. The number of halogens is 1. The molecule has 0 aliphatic heterocycles. The Labute approximate surface area is 85.3 Å². The molecule has 0 fully saturated rings. The third kappa shape index (κ3) is 3.57. The summed E-state index contributed by atoms with van der Waals surface area (Å²) < 4.78 is 0. The zero-order valence-electron chi connectivity index (χ0n) is 7.73. The molecule has 0 unspecified atom stereocenters. The molecule has 13 heavy (non-hydrogen) atoms. The van der Waals surface area contributed by atoms with E-state index in [9.17, 15) is 0 Å². The summed E-state index contributed by atoms with van der Waals surface area (Å²) in [4.78, 5) is 4.32. The maximum Gasteiger partial charge on any atom is 0.0577 e. The number of pyridine rings is 1. The molecule has 0 radical (unpaired) electrons. The van der Waals surface area contributed by atoms with Crippen molar-refractivity contribution in [3.8, 4) is 0 Å².